The second-order valence-corrected chi connectivity index (χ2v) is 5.85. The molecule has 0 N–H and O–H groups in total. The number of hydrogen-bond acceptors (Lipinski definition) is 4. The number of esters is 1. The van der Waals surface area contributed by atoms with Crippen molar-refractivity contribution in [3.05, 3.63) is 70.3 Å². The van der Waals surface area contributed by atoms with Crippen molar-refractivity contribution in [2.45, 2.75) is 6.54 Å². The minimum absolute atomic E-state index is 0.217. The number of Topliss-reactive ketones (excluding diaryl/α,β-unsaturated/α-hetero) is 1. The molecule has 6 heteroatoms. The van der Waals surface area contributed by atoms with Gasteiger partial charge in [-0.15, -0.1) is 0 Å². The second kappa shape index (κ2) is 6.91. The van der Waals surface area contributed by atoms with Gasteiger partial charge in [-0.2, -0.15) is 0 Å². The smallest absolute Gasteiger partial charge is 0.330 e. The number of carbonyl (C=O) groups is 3. The number of ketones is 1. The Morgan fingerprint density at radius 2 is 1.96 bits per heavy atom. The quantitative estimate of drug-likeness (QED) is 0.480. The Kier molecular flexibility index (Phi) is 4.67. The Bertz CT molecular complexity index is 904. The van der Waals surface area contributed by atoms with Crippen molar-refractivity contribution in [2.75, 3.05) is 12.0 Å². The number of nitrogens with zero attached hydrogens (tertiary/aromatic N) is 1. The molecule has 2 aromatic rings. The van der Waals surface area contributed by atoms with Crippen LogP contribution in [-0.2, 0) is 20.9 Å². The van der Waals surface area contributed by atoms with E-state index in [0.29, 0.717) is 21.8 Å². The fourth-order valence-electron chi connectivity index (χ4n) is 2.61. The van der Waals surface area contributed by atoms with Crippen molar-refractivity contribution in [3.8, 4) is 0 Å². The van der Waals surface area contributed by atoms with E-state index < -0.39 is 17.7 Å². The monoisotopic (exact) mass is 355 g/mol. The van der Waals surface area contributed by atoms with E-state index in [1.54, 1.807) is 30.3 Å². The fourth-order valence-corrected chi connectivity index (χ4v) is 2.80. The molecule has 0 saturated carbocycles. The molecule has 0 saturated heterocycles. The first kappa shape index (κ1) is 16.9. The number of anilines is 1. The molecule has 2 aromatic carbocycles. The third-order valence-corrected chi connectivity index (χ3v) is 4.26. The predicted molar refractivity (Wildman–Crippen MR) is 94.5 cm³/mol. The highest BCUT2D eigenvalue weighted by Gasteiger charge is 2.35. The molecule has 0 spiro atoms. The van der Waals surface area contributed by atoms with E-state index in [9.17, 15) is 14.4 Å². The Morgan fingerprint density at radius 1 is 1.20 bits per heavy atom. The number of halogens is 1. The third kappa shape index (κ3) is 3.32. The molecule has 0 atom stereocenters. The zero-order chi connectivity index (χ0) is 18.0. The van der Waals surface area contributed by atoms with E-state index in [1.165, 1.54) is 24.2 Å². The van der Waals surface area contributed by atoms with Crippen molar-refractivity contribution in [1.82, 2.24) is 0 Å². The molecule has 0 radical (unpaired) electrons. The lowest BCUT2D eigenvalue weighted by Gasteiger charge is -2.17. The molecule has 0 aromatic heterocycles. The van der Waals surface area contributed by atoms with Gasteiger partial charge in [-0.05, 0) is 35.4 Å². The number of rotatable bonds is 4. The van der Waals surface area contributed by atoms with E-state index in [0.717, 1.165) is 5.56 Å². The van der Waals surface area contributed by atoms with Gasteiger partial charge in [-0.25, -0.2) is 4.79 Å². The number of methoxy groups -OCH3 is 1. The first-order chi connectivity index (χ1) is 12.0. The molecule has 25 heavy (non-hydrogen) atoms. The minimum atomic E-state index is -0.594. The Labute approximate surface area is 149 Å². The molecule has 1 aliphatic heterocycles. The SMILES string of the molecule is COC(=O)/C=C/c1ccc2c(c1)C(=O)C(=O)N2Cc1ccccc1Cl. The molecule has 0 bridgehead atoms. The largest absolute Gasteiger partial charge is 0.466 e. The molecule has 1 heterocycles. The molecule has 0 aliphatic carbocycles. The fraction of sp³-hybridized carbons (Fsp3) is 0.105. The number of benzene rings is 2. The molecule has 5 nitrogen and oxygen atoms in total. The summed E-state index contributed by atoms with van der Waals surface area (Å²) in [6.07, 6.45) is 2.78. The van der Waals surface area contributed by atoms with E-state index in [1.807, 2.05) is 12.1 Å². The molecule has 126 valence electrons. The van der Waals surface area contributed by atoms with E-state index in [2.05, 4.69) is 4.74 Å². The van der Waals surface area contributed by atoms with Crippen LogP contribution in [-0.4, -0.2) is 24.8 Å². The lowest BCUT2D eigenvalue weighted by atomic mass is 10.1. The zero-order valence-corrected chi connectivity index (χ0v) is 14.1. The predicted octanol–water partition coefficient (Wildman–Crippen LogP) is 3.26. The van der Waals surface area contributed by atoms with Crippen LogP contribution in [0.3, 0.4) is 0 Å². The van der Waals surface area contributed by atoms with Gasteiger partial charge >= 0.3 is 5.97 Å². The Hall–Kier alpha value is -2.92. The van der Waals surface area contributed by atoms with Gasteiger partial charge in [0.05, 0.1) is 24.9 Å². The number of hydrogen-bond donors (Lipinski definition) is 0. The molecule has 0 fully saturated rings. The van der Waals surface area contributed by atoms with Crippen LogP contribution in [0.5, 0.6) is 0 Å². The molecular formula is C19H14ClNO4. The average Bonchev–Trinajstić information content (AvgIpc) is 2.86. The van der Waals surface area contributed by atoms with Gasteiger partial charge in [-0.1, -0.05) is 35.9 Å². The maximum Gasteiger partial charge on any atom is 0.330 e. The van der Waals surface area contributed by atoms with Gasteiger partial charge in [0.15, 0.2) is 0 Å². The van der Waals surface area contributed by atoms with Crippen LogP contribution in [0.4, 0.5) is 5.69 Å². The molecule has 1 amide bonds. The van der Waals surface area contributed by atoms with E-state index >= 15 is 0 Å². The molecule has 1 aliphatic rings. The Balaban J connectivity index is 1.92. The molecular weight excluding hydrogens is 342 g/mol. The van der Waals surface area contributed by atoms with Gasteiger partial charge in [0.2, 0.25) is 0 Å². The number of fused-ring (bicyclic) bond motifs is 1. The van der Waals surface area contributed by atoms with Gasteiger partial charge in [0.25, 0.3) is 11.7 Å². The molecule has 0 unspecified atom stereocenters. The summed E-state index contributed by atoms with van der Waals surface area (Å²) in [5, 5.41) is 0.536. The summed E-state index contributed by atoms with van der Waals surface area (Å²) in [6.45, 7) is 0.217. The maximum atomic E-state index is 12.3. The summed E-state index contributed by atoms with van der Waals surface area (Å²) in [4.78, 5) is 37.2. The molecule has 3 rings (SSSR count). The number of carbonyl (C=O) groups excluding carboxylic acids is 3. The van der Waals surface area contributed by atoms with Gasteiger partial charge in [0.1, 0.15) is 0 Å². The highest BCUT2D eigenvalue weighted by atomic mass is 35.5. The summed E-state index contributed by atoms with van der Waals surface area (Å²) >= 11 is 6.15. The van der Waals surface area contributed by atoms with Crippen molar-refractivity contribution < 1.29 is 19.1 Å². The van der Waals surface area contributed by atoms with Crippen molar-refractivity contribution in [1.29, 1.82) is 0 Å². The third-order valence-electron chi connectivity index (χ3n) is 3.89. The summed E-state index contributed by atoms with van der Waals surface area (Å²) in [6, 6.07) is 12.2. The van der Waals surface area contributed by atoms with Crippen LogP contribution >= 0.6 is 11.6 Å². The van der Waals surface area contributed by atoms with Crippen LogP contribution in [0.15, 0.2) is 48.5 Å². The summed E-state index contributed by atoms with van der Waals surface area (Å²) < 4.78 is 4.53. The topological polar surface area (TPSA) is 63.7 Å². The first-order valence-electron chi connectivity index (χ1n) is 7.51. The van der Waals surface area contributed by atoms with Crippen molar-refractivity contribution in [3.63, 3.8) is 0 Å². The van der Waals surface area contributed by atoms with Gasteiger partial charge in [0, 0.05) is 11.1 Å². The van der Waals surface area contributed by atoms with Crippen LogP contribution < -0.4 is 4.90 Å². The summed E-state index contributed by atoms with van der Waals surface area (Å²) in [5.74, 6) is -1.66. The standard InChI is InChI=1S/C19H14ClNO4/c1-25-17(22)9-7-12-6-8-16-14(10-12)18(23)19(24)21(16)11-13-4-2-3-5-15(13)20/h2-10H,11H2,1H3/b9-7+. The van der Waals surface area contributed by atoms with Crippen LogP contribution in [0.25, 0.3) is 6.08 Å². The summed E-state index contributed by atoms with van der Waals surface area (Å²) in [7, 11) is 1.28. The number of amides is 1. The van der Waals surface area contributed by atoms with Crippen molar-refractivity contribution >= 4 is 41.0 Å². The van der Waals surface area contributed by atoms with Crippen molar-refractivity contribution in [2.24, 2.45) is 0 Å². The van der Waals surface area contributed by atoms with Gasteiger partial charge in [-0.3, -0.25) is 9.59 Å². The van der Waals surface area contributed by atoms with E-state index in [4.69, 9.17) is 11.6 Å². The average molecular weight is 356 g/mol. The van der Waals surface area contributed by atoms with Crippen LogP contribution in [0, 0.1) is 0 Å². The summed E-state index contributed by atoms with van der Waals surface area (Å²) in [5.41, 5.74) is 2.23. The second-order valence-electron chi connectivity index (χ2n) is 5.44. The number of ether oxygens (including phenoxy) is 1. The Morgan fingerprint density at radius 3 is 2.68 bits per heavy atom. The normalized spacial score (nSPS) is 13.4. The van der Waals surface area contributed by atoms with E-state index in [-0.39, 0.29) is 6.54 Å². The van der Waals surface area contributed by atoms with Gasteiger partial charge < -0.3 is 9.64 Å². The first-order valence-corrected chi connectivity index (χ1v) is 7.88. The highest BCUT2D eigenvalue weighted by molar-refractivity contribution is 6.52. The zero-order valence-electron chi connectivity index (χ0n) is 13.4. The minimum Gasteiger partial charge on any atom is -0.466 e. The lowest BCUT2D eigenvalue weighted by molar-refractivity contribution is -0.134. The van der Waals surface area contributed by atoms with Crippen LogP contribution in [0.1, 0.15) is 21.5 Å². The maximum absolute atomic E-state index is 12.3. The lowest BCUT2D eigenvalue weighted by Crippen LogP contribution is -2.29. The highest BCUT2D eigenvalue weighted by Crippen LogP contribution is 2.32. The van der Waals surface area contributed by atoms with Crippen LogP contribution in [0.2, 0.25) is 5.02 Å².